The molecule has 0 fully saturated rings. The van der Waals surface area contributed by atoms with E-state index in [1.54, 1.807) is 17.7 Å². The highest BCUT2D eigenvalue weighted by Crippen LogP contribution is 2.31. The molecule has 0 amide bonds. The Morgan fingerprint density at radius 3 is 2.68 bits per heavy atom. The van der Waals surface area contributed by atoms with Crippen LogP contribution in [0.15, 0.2) is 30.5 Å². The number of imidazole rings is 1. The maximum atomic E-state index is 13.4. The molecule has 0 saturated heterocycles. The number of hydrogen-bond acceptors (Lipinski definition) is 6. The Hall–Kier alpha value is -2.54. The maximum absolute atomic E-state index is 13.4. The first kappa shape index (κ1) is 29.0. The topological polar surface area (TPSA) is 102 Å². The average molecular weight is 542 g/mol. The minimum atomic E-state index is -3.06. The van der Waals surface area contributed by atoms with Crippen molar-refractivity contribution in [3.05, 3.63) is 58.7 Å². The van der Waals surface area contributed by atoms with Crippen molar-refractivity contribution >= 4 is 29.3 Å². The van der Waals surface area contributed by atoms with E-state index < -0.39 is 17.9 Å². The third kappa shape index (κ3) is 8.77. The lowest BCUT2D eigenvalue weighted by Gasteiger charge is -2.18. The van der Waals surface area contributed by atoms with Gasteiger partial charge in [0.1, 0.15) is 22.6 Å². The quantitative estimate of drug-likeness (QED) is 0.190. The summed E-state index contributed by atoms with van der Waals surface area (Å²) < 4.78 is 31.5. The minimum absolute atomic E-state index is 0.117. The van der Waals surface area contributed by atoms with Crippen molar-refractivity contribution in [2.24, 2.45) is 0 Å². The molecule has 1 aromatic carbocycles. The normalized spacial score (nSPS) is 14.3. The number of ether oxygens (including phenoxy) is 1. The molecule has 0 aliphatic heterocycles. The molecular weight excluding hydrogens is 502 g/mol. The summed E-state index contributed by atoms with van der Waals surface area (Å²) in [5, 5.41) is 9.37. The molecule has 0 bridgehead atoms. The van der Waals surface area contributed by atoms with Gasteiger partial charge in [0.25, 0.3) is 0 Å². The van der Waals surface area contributed by atoms with E-state index in [2.05, 4.69) is 36.8 Å². The van der Waals surface area contributed by atoms with E-state index in [0.29, 0.717) is 13.0 Å². The zero-order valence-electron chi connectivity index (χ0n) is 22.5. The first-order chi connectivity index (χ1) is 17.5. The second-order valence-corrected chi connectivity index (χ2v) is 19.0. The number of nitriles is 1. The summed E-state index contributed by atoms with van der Waals surface area (Å²) in [6.45, 7) is 9.30. The number of benzene rings is 1. The molecule has 0 spiro atoms. The van der Waals surface area contributed by atoms with Gasteiger partial charge >= 0.3 is 0 Å². The Labute approximate surface area is 222 Å². The van der Waals surface area contributed by atoms with Crippen LogP contribution in [0.1, 0.15) is 65.6 Å². The van der Waals surface area contributed by atoms with E-state index in [4.69, 9.17) is 4.74 Å². The van der Waals surface area contributed by atoms with Gasteiger partial charge in [0.2, 0.25) is 5.78 Å². The summed E-state index contributed by atoms with van der Waals surface area (Å²) in [5.74, 6) is 0.309. The minimum Gasteiger partial charge on any atom is -0.361 e. The number of aromatic nitrogens is 2. The fourth-order valence-corrected chi connectivity index (χ4v) is 5.91. The molecule has 1 heterocycles. The van der Waals surface area contributed by atoms with E-state index in [1.807, 2.05) is 18.2 Å². The molecule has 0 saturated carbocycles. The van der Waals surface area contributed by atoms with E-state index in [-0.39, 0.29) is 42.0 Å². The predicted molar refractivity (Wildman–Crippen MR) is 150 cm³/mol. The van der Waals surface area contributed by atoms with Gasteiger partial charge in [-0.1, -0.05) is 50.8 Å². The fourth-order valence-electron chi connectivity index (χ4n) is 4.32. The van der Waals surface area contributed by atoms with Crippen LogP contribution < -0.4 is 0 Å². The molecule has 1 aliphatic rings. The molecule has 0 atom stereocenters. The van der Waals surface area contributed by atoms with Crippen LogP contribution in [0, 0.1) is 11.3 Å². The molecule has 37 heavy (non-hydrogen) atoms. The smallest absolute Gasteiger partial charge is 0.202 e. The zero-order chi connectivity index (χ0) is 27.1. The number of carbonyl (C=O) groups is 1. The van der Waals surface area contributed by atoms with E-state index >= 15 is 0 Å². The standard InChI is InChI=1S/C28H39N3O4SSi/c1-5-36(33,34)15-13-22-11-12-24(26(17-22)23-9-7-6-8-10-23)18-27(32)28-30-25(19-29)20-31(28)21-35-14-16-37(2,3)4/h9,11-12,17,20H,5-8,10,13-16,18,21H2,1-4H3. The zero-order valence-corrected chi connectivity index (χ0v) is 24.4. The number of sulfone groups is 1. The summed E-state index contributed by atoms with van der Waals surface area (Å²) in [6, 6.07) is 8.97. The van der Waals surface area contributed by atoms with Crippen LogP contribution in [0.4, 0.5) is 0 Å². The van der Waals surface area contributed by atoms with Crippen molar-refractivity contribution in [2.75, 3.05) is 18.1 Å². The van der Waals surface area contributed by atoms with E-state index in [0.717, 1.165) is 48.4 Å². The van der Waals surface area contributed by atoms with Gasteiger partial charge < -0.3 is 9.30 Å². The number of carbonyl (C=O) groups excluding carboxylic acids is 1. The first-order valence-corrected chi connectivity index (χ1v) is 18.6. The molecule has 7 nitrogen and oxygen atoms in total. The van der Waals surface area contributed by atoms with Crippen LogP contribution in [0.5, 0.6) is 0 Å². The Morgan fingerprint density at radius 2 is 2.03 bits per heavy atom. The lowest BCUT2D eigenvalue weighted by atomic mass is 9.88. The number of nitrogens with zero attached hydrogens (tertiary/aromatic N) is 3. The largest absolute Gasteiger partial charge is 0.361 e. The second kappa shape index (κ2) is 12.8. The van der Waals surface area contributed by atoms with Crippen LogP contribution in [0.2, 0.25) is 25.7 Å². The van der Waals surface area contributed by atoms with E-state index in [1.165, 1.54) is 5.57 Å². The summed E-state index contributed by atoms with van der Waals surface area (Å²) in [5.41, 5.74) is 4.28. The van der Waals surface area contributed by atoms with Crippen molar-refractivity contribution in [2.45, 2.75) is 77.9 Å². The van der Waals surface area contributed by atoms with Gasteiger partial charge in [-0.3, -0.25) is 4.79 Å². The second-order valence-electron chi connectivity index (χ2n) is 10.9. The highest BCUT2D eigenvalue weighted by atomic mass is 32.2. The highest BCUT2D eigenvalue weighted by molar-refractivity contribution is 7.91. The molecule has 0 N–H and O–H groups in total. The van der Waals surface area contributed by atoms with Crippen LogP contribution in [-0.4, -0.2) is 49.9 Å². The Kier molecular flexibility index (Phi) is 10.0. The Morgan fingerprint density at radius 1 is 1.24 bits per heavy atom. The number of aryl methyl sites for hydroxylation is 1. The van der Waals surface area contributed by atoms with Crippen LogP contribution >= 0.6 is 0 Å². The summed E-state index contributed by atoms with van der Waals surface area (Å²) >= 11 is 0. The number of allylic oxidation sites excluding steroid dienone is 2. The van der Waals surface area contributed by atoms with Crippen molar-refractivity contribution in [3.63, 3.8) is 0 Å². The highest BCUT2D eigenvalue weighted by Gasteiger charge is 2.21. The molecule has 1 aromatic heterocycles. The van der Waals surface area contributed by atoms with Crippen LogP contribution in [0.25, 0.3) is 5.57 Å². The molecular formula is C28H39N3O4SSi. The molecule has 0 radical (unpaired) electrons. The van der Waals surface area contributed by atoms with Gasteiger partial charge in [0.15, 0.2) is 11.5 Å². The molecule has 9 heteroatoms. The van der Waals surface area contributed by atoms with Crippen molar-refractivity contribution in [3.8, 4) is 6.07 Å². The Bertz CT molecular complexity index is 1280. The third-order valence-corrected chi connectivity index (χ3v) is 10.1. The van der Waals surface area contributed by atoms with Crippen molar-refractivity contribution < 1.29 is 17.9 Å². The number of Topliss-reactive ketones (excluding diaryl/α,β-unsaturated/α-hetero) is 1. The SMILES string of the molecule is CCS(=O)(=O)CCc1ccc(CC(=O)c2nc(C#N)cn2COCC[Si](C)(C)C)c(C2=CCCCC2)c1. The maximum Gasteiger partial charge on any atom is 0.202 e. The molecule has 0 unspecified atom stereocenters. The van der Waals surface area contributed by atoms with Gasteiger partial charge in [0.05, 0.1) is 5.75 Å². The lowest BCUT2D eigenvalue weighted by Crippen LogP contribution is -2.22. The summed E-state index contributed by atoms with van der Waals surface area (Å²) in [6.07, 6.45) is 8.60. The fraction of sp³-hybridized carbons (Fsp3) is 0.536. The summed E-state index contributed by atoms with van der Waals surface area (Å²) in [4.78, 5) is 17.7. The number of ketones is 1. The predicted octanol–water partition coefficient (Wildman–Crippen LogP) is 5.43. The van der Waals surface area contributed by atoms with Crippen molar-refractivity contribution in [1.29, 1.82) is 5.26 Å². The Balaban J connectivity index is 1.83. The molecule has 2 aromatic rings. The first-order valence-electron chi connectivity index (χ1n) is 13.1. The molecule has 200 valence electrons. The van der Waals surface area contributed by atoms with Gasteiger partial charge in [-0.2, -0.15) is 5.26 Å². The van der Waals surface area contributed by atoms with Crippen LogP contribution in [-0.2, 0) is 34.1 Å². The molecule has 1 aliphatic carbocycles. The monoisotopic (exact) mass is 541 g/mol. The molecule has 3 rings (SSSR count). The van der Waals surface area contributed by atoms with Gasteiger partial charge in [-0.05, 0) is 60.4 Å². The van der Waals surface area contributed by atoms with Crippen molar-refractivity contribution in [1.82, 2.24) is 9.55 Å². The average Bonchev–Trinajstić information content (AvgIpc) is 3.29. The lowest BCUT2D eigenvalue weighted by molar-refractivity contribution is 0.0799. The third-order valence-electron chi connectivity index (χ3n) is 6.67. The number of hydrogen-bond donors (Lipinski definition) is 0. The van der Waals surface area contributed by atoms with Crippen LogP contribution in [0.3, 0.4) is 0 Å². The summed E-state index contributed by atoms with van der Waals surface area (Å²) in [7, 11) is -4.30. The van der Waals surface area contributed by atoms with Gasteiger partial charge in [-0.15, -0.1) is 0 Å². The van der Waals surface area contributed by atoms with Gasteiger partial charge in [0, 0.05) is 33.1 Å². The van der Waals surface area contributed by atoms with E-state index in [9.17, 15) is 18.5 Å². The number of rotatable bonds is 13. The van der Waals surface area contributed by atoms with Gasteiger partial charge in [-0.25, -0.2) is 13.4 Å².